The van der Waals surface area contributed by atoms with Crippen molar-refractivity contribution >= 4 is 0 Å². The molecule has 1 N–H and O–H groups in total. The van der Waals surface area contributed by atoms with Gasteiger partial charge >= 0.3 is 0 Å². The molecule has 2 aliphatic rings. The first-order valence-corrected chi connectivity index (χ1v) is 4.85. The van der Waals surface area contributed by atoms with Crippen molar-refractivity contribution in [1.82, 2.24) is 5.32 Å². The third-order valence-electron chi connectivity index (χ3n) is 3.05. The molecular formula is C9H15F2NO. The first-order chi connectivity index (χ1) is 6.12. The summed E-state index contributed by atoms with van der Waals surface area (Å²) in [6.07, 6.45) is 2.26. The lowest BCUT2D eigenvalue weighted by molar-refractivity contribution is -0.195. The quantitative estimate of drug-likeness (QED) is 0.627. The molecule has 0 aromatic rings. The van der Waals surface area contributed by atoms with Crippen molar-refractivity contribution in [1.29, 1.82) is 0 Å². The predicted octanol–water partition coefficient (Wildman–Crippen LogP) is 1.55. The third kappa shape index (κ3) is 1.99. The van der Waals surface area contributed by atoms with Crippen LogP contribution in [0.2, 0.25) is 0 Å². The van der Waals surface area contributed by atoms with Crippen LogP contribution in [-0.2, 0) is 4.74 Å². The third-order valence-corrected chi connectivity index (χ3v) is 3.05. The van der Waals surface area contributed by atoms with Crippen LogP contribution in [-0.4, -0.2) is 31.2 Å². The number of hydrogen-bond donors (Lipinski definition) is 1. The number of piperidine rings is 1. The number of nitrogens with one attached hydrogen (secondary N) is 1. The van der Waals surface area contributed by atoms with Crippen molar-refractivity contribution < 1.29 is 13.5 Å². The fourth-order valence-electron chi connectivity index (χ4n) is 2.09. The summed E-state index contributed by atoms with van der Waals surface area (Å²) in [6, 6.07) is 0. The van der Waals surface area contributed by atoms with E-state index in [1.807, 2.05) is 0 Å². The van der Waals surface area contributed by atoms with E-state index < -0.39 is 5.92 Å². The molecule has 0 aliphatic carbocycles. The van der Waals surface area contributed by atoms with Gasteiger partial charge in [-0.3, -0.25) is 0 Å². The zero-order valence-corrected chi connectivity index (χ0v) is 7.61. The molecule has 0 aromatic heterocycles. The maximum Gasteiger partial charge on any atom is 0.271 e. The van der Waals surface area contributed by atoms with Crippen LogP contribution in [0, 0.1) is 0 Å². The summed E-state index contributed by atoms with van der Waals surface area (Å²) in [4.78, 5) is 0. The zero-order chi connectivity index (χ0) is 9.36. The van der Waals surface area contributed by atoms with Crippen molar-refractivity contribution in [2.75, 3.05) is 19.7 Å². The van der Waals surface area contributed by atoms with E-state index in [4.69, 9.17) is 4.74 Å². The van der Waals surface area contributed by atoms with Gasteiger partial charge in [-0.25, -0.2) is 8.78 Å². The van der Waals surface area contributed by atoms with Crippen LogP contribution < -0.4 is 5.32 Å². The van der Waals surface area contributed by atoms with Gasteiger partial charge in [0.15, 0.2) is 0 Å². The number of hydrogen-bond acceptors (Lipinski definition) is 2. The summed E-state index contributed by atoms with van der Waals surface area (Å²) in [7, 11) is 0. The standard InChI is InChI=1S/C9H15F2NO/c10-9(11)2-1-8(13-7-9)3-5-12-6-4-8/h12H,1-7H2. The summed E-state index contributed by atoms with van der Waals surface area (Å²) in [5, 5.41) is 3.21. The Balaban J connectivity index is 1.95. The minimum atomic E-state index is -2.59. The van der Waals surface area contributed by atoms with Gasteiger partial charge in [0.25, 0.3) is 5.92 Å². The maximum absolute atomic E-state index is 12.8. The molecule has 2 fully saturated rings. The Morgan fingerprint density at radius 2 is 1.69 bits per heavy atom. The molecule has 0 unspecified atom stereocenters. The largest absolute Gasteiger partial charge is 0.369 e. The molecule has 2 nitrogen and oxygen atoms in total. The average Bonchev–Trinajstić information content (AvgIpc) is 2.13. The number of halogens is 2. The fraction of sp³-hybridized carbons (Fsp3) is 1.00. The lowest BCUT2D eigenvalue weighted by atomic mass is 9.84. The summed E-state index contributed by atoms with van der Waals surface area (Å²) >= 11 is 0. The van der Waals surface area contributed by atoms with Gasteiger partial charge in [0.1, 0.15) is 6.61 Å². The van der Waals surface area contributed by atoms with Gasteiger partial charge in [-0.1, -0.05) is 0 Å². The van der Waals surface area contributed by atoms with E-state index in [2.05, 4.69) is 5.32 Å². The first kappa shape index (κ1) is 9.34. The van der Waals surface area contributed by atoms with Crippen molar-refractivity contribution in [2.24, 2.45) is 0 Å². The van der Waals surface area contributed by atoms with Crippen LogP contribution in [0.15, 0.2) is 0 Å². The van der Waals surface area contributed by atoms with Crippen molar-refractivity contribution in [3.05, 3.63) is 0 Å². The van der Waals surface area contributed by atoms with Gasteiger partial charge in [0.05, 0.1) is 5.60 Å². The maximum atomic E-state index is 12.8. The molecule has 2 aliphatic heterocycles. The van der Waals surface area contributed by atoms with Crippen molar-refractivity contribution in [3.63, 3.8) is 0 Å². The lowest BCUT2D eigenvalue weighted by Gasteiger charge is -2.42. The Bertz CT molecular complexity index is 178. The van der Waals surface area contributed by atoms with E-state index in [-0.39, 0.29) is 18.6 Å². The highest BCUT2D eigenvalue weighted by atomic mass is 19.3. The van der Waals surface area contributed by atoms with Gasteiger partial charge in [0, 0.05) is 6.42 Å². The minimum absolute atomic E-state index is 0.00694. The van der Waals surface area contributed by atoms with E-state index in [9.17, 15) is 8.78 Å². The second-order valence-electron chi connectivity index (χ2n) is 4.08. The summed E-state index contributed by atoms with van der Waals surface area (Å²) in [5.41, 5.74) is -0.229. The Kier molecular flexibility index (Phi) is 2.28. The molecule has 4 heteroatoms. The van der Waals surface area contributed by atoms with E-state index >= 15 is 0 Å². The number of ether oxygens (including phenoxy) is 1. The molecule has 2 rings (SSSR count). The van der Waals surface area contributed by atoms with E-state index in [1.54, 1.807) is 0 Å². The molecule has 2 heterocycles. The molecule has 13 heavy (non-hydrogen) atoms. The minimum Gasteiger partial charge on any atom is -0.369 e. The van der Waals surface area contributed by atoms with Crippen LogP contribution >= 0.6 is 0 Å². The van der Waals surface area contributed by atoms with E-state index in [0.29, 0.717) is 6.42 Å². The molecule has 0 bridgehead atoms. The van der Waals surface area contributed by atoms with E-state index in [0.717, 1.165) is 25.9 Å². The Labute approximate surface area is 76.6 Å². The number of alkyl halides is 2. The predicted molar refractivity (Wildman–Crippen MR) is 45.0 cm³/mol. The summed E-state index contributed by atoms with van der Waals surface area (Å²) < 4.78 is 30.9. The van der Waals surface area contributed by atoms with Gasteiger partial charge in [-0.2, -0.15) is 0 Å². The van der Waals surface area contributed by atoms with Gasteiger partial charge in [-0.15, -0.1) is 0 Å². The van der Waals surface area contributed by atoms with Crippen LogP contribution in [0.3, 0.4) is 0 Å². The normalized spacial score (nSPS) is 31.8. The molecule has 0 radical (unpaired) electrons. The summed E-state index contributed by atoms with van der Waals surface area (Å²) in [6.45, 7) is 1.41. The highest BCUT2D eigenvalue weighted by molar-refractivity contribution is 4.91. The van der Waals surface area contributed by atoms with Crippen LogP contribution in [0.25, 0.3) is 0 Å². The average molecular weight is 191 g/mol. The monoisotopic (exact) mass is 191 g/mol. The second-order valence-corrected chi connectivity index (χ2v) is 4.08. The fourth-order valence-corrected chi connectivity index (χ4v) is 2.09. The second kappa shape index (κ2) is 3.17. The molecule has 2 saturated heterocycles. The lowest BCUT2D eigenvalue weighted by Crippen LogP contribution is -2.50. The van der Waals surface area contributed by atoms with Crippen molar-refractivity contribution in [2.45, 2.75) is 37.2 Å². The smallest absolute Gasteiger partial charge is 0.271 e. The van der Waals surface area contributed by atoms with Crippen LogP contribution in [0.4, 0.5) is 8.78 Å². The highest BCUT2D eigenvalue weighted by Crippen LogP contribution is 2.38. The zero-order valence-electron chi connectivity index (χ0n) is 7.61. The van der Waals surface area contributed by atoms with Crippen molar-refractivity contribution in [3.8, 4) is 0 Å². The highest BCUT2D eigenvalue weighted by Gasteiger charge is 2.44. The van der Waals surface area contributed by atoms with Crippen LogP contribution in [0.1, 0.15) is 25.7 Å². The van der Waals surface area contributed by atoms with Gasteiger partial charge in [0.2, 0.25) is 0 Å². The van der Waals surface area contributed by atoms with Crippen LogP contribution in [0.5, 0.6) is 0 Å². The molecule has 76 valence electrons. The van der Waals surface area contributed by atoms with Gasteiger partial charge < -0.3 is 10.1 Å². The first-order valence-electron chi connectivity index (χ1n) is 4.85. The molecule has 1 spiro atoms. The Morgan fingerprint density at radius 1 is 1.00 bits per heavy atom. The Morgan fingerprint density at radius 3 is 2.23 bits per heavy atom. The summed E-state index contributed by atoms with van der Waals surface area (Å²) in [5.74, 6) is -2.59. The van der Waals surface area contributed by atoms with Gasteiger partial charge in [-0.05, 0) is 32.4 Å². The molecule has 0 atom stereocenters. The molecule has 0 saturated carbocycles. The SMILES string of the molecule is FC1(F)CCC2(CCNCC2)OC1. The molecule has 0 amide bonds. The van der Waals surface area contributed by atoms with E-state index in [1.165, 1.54) is 0 Å². The number of rotatable bonds is 0. The molecule has 0 aromatic carbocycles. The topological polar surface area (TPSA) is 21.3 Å². The molecular weight excluding hydrogens is 176 g/mol. The Hall–Kier alpha value is -0.220.